The van der Waals surface area contributed by atoms with Crippen LogP contribution in [-0.4, -0.2) is 38.1 Å². The first-order valence-electron chi connectivity index (χ1n) is 6.90. The van der Waals surface area contributed by atoms with E-state index in [9.17, 15) is 4.79 Å². The molecule has 1 aliphatic rings. The molecule has 0 aliphatic carbocycles. The van der Waals surface area contributed by atoms with Crippen LogP contribution < -0.4 is 14.8 Å². The predicted molar refractivity (Wildman–Crippen MR) is 83.1 cm³/mol. The minimum Gasteiger partial charge on any atom is -0.493 e. The molecule has 6 nitrogen and oxygen atoms in total. The van der Waals surface area contributed by atoms with Crippen LogP contribution in [0, 0.1) is 0 Å². The van der Waals surface area contributed by atoms with Gasteiger partial charge in [-0.25, -0.2) is 4.79 Å². The third-order valence-electron chi connectivity index (χ3n) is 2.72. The molecular formula is C15H20ClNO5. The van der Waals surface area contributed by atoms with Crippen LogP contribution in [0.3, 0.4) is 0 Å². The molecule has 1 amide bonds. The van der Waals surface area contributed by atoms with Gasteiger partial charge in [-0.1, -0.05) is 11.6 Å². The summed E-state index contributed by atoms with van der Waals surface area (Å²) in [6, 6.07) is 3.19. The summed E-state index contributed by atoms with van der Waals surface area (Å²) < 4.78 is 21.2. The number of anilines is 1. The zero-order valence-electron chi connectivity index (χ0n) is 13.1. The number of epoxide rings is 1. The number of rotatable bonds is 5. The highest BCUT2D eigenvalue weighted by molar-refractivity contribution is 6.33. The molecule has 1 heterocycles. The predicted octanol–water partition coefficient (Wildman–Crippen LogP) is 3.47. The van der Waals surface area contributed by atoms with Crippen molar-refractivity contribution in [2.45, 2.75) is 32.5 Å². The fourth-order valence-corrected chi connectivity index (χ4v) is 1.86. The zero-order chi connectivity index (χ0) is 16.3. The Balaban J connectivity index is 2.11. The molecule has 1 aromatic rings. The van der Waals surface area contributed by atoms with Crippen molar-refractivity contribution in [3.8, 4) is 11.5 Å². The van der Waals surface area contributed by atoms with E-state index in [1.807, 2.05) is 0 Å². The summed E-state index contributed by atoms with van der Waals surface area (Å²) in [5, 5.41) is 2.93. The van der Waals surface area contributed by atoms with E-state index in [-0.39, 0.29) is 6.10 Å². The first-order chi connectivity index (χ1) is 10.3. The first-order valence-corrected chi connectivity index (χ1v) is 7.28. The normalized spacial score (nSPS) is 16.9. The fourth-order valence-electron chi connectivity index (χ4n) is 1.66. The van der Waals surface area contributed by atoms with E-state index in [4.69, 9.17) is 30.5 Å². The number of hydrogen-bond donors (Lipinski definition) is 1. The molecular weight excluding hydrogens is 310 g/mol. The van der Waals surface area contributed by atoms with Gasteiger partial charge in [-0.15, -0.1) is 0 Å². The number of nitrogens with one attached hydrogen (secondary N) is 1. The number of amides is 1. The molecule has 1 saturated heterocycles. The number of carbonyl (C=O) groups excluding carboxylic acids is 1. The van der Waals surface area contributed by atoms with E-state index in [0.29, 0.717) is 35.4 Å². The Morgan fingerprint density at radius 1 is 1.41 bits per heavy atom. The van der Waals surface area contributed by atoms with Gasteiger partial charge in [-0.2, -0.15) is 0 Å². The summed E-state index contributed by atoms with van der Waals surface area (Å²) in [4.78, 5) is 11.8. The quantitative estimate of drug-likeness (QED) is 0.838. The van der Waals surface area contributed by atoms with Crippen LogP contribution in [0.25, 0.3) is 0 Å². The van der Waals surface area contributed by atoms with Gasteiger partial charge in [0.2, 0.25) is 0 Å². The molecule has 1 unspecified atom stereocenters. The lowest BCUT2D eigenvalue weighted by Gasteiger charge is -2.20. The van der Waals surface area contributed by atoms with E-state index in [2.05, 4.69) is 5.32 Å². The van der Waals surface area contributed by atoms with Crippen molar-refractivity contribution in [3.05, 3.63) is 17.2 Å². The lowest BCUT2D eigenvalue weighted by Crippen LogP contribution is -2.27. The summed E-state index contributed by atoms with van der Waals surface area (Å²) >= 11 is 6.14. The second-order valence-corrected chi connectivity index (χ2v) is 6.28. The number of carbonyl (C=O) groups is 1. The lowest BCUT2D eigenvalue weighted by molar-refractivity contribution is 0.0636. The highest BCUT2D eigenvalue weighted by atomic mass is 35.5. The number of ether oxygens (including phenoxy) is 4. The van der Waals surface area contributed by atoms with Gasteiger partial charge in [-0.3, -0.25) is 5.32 Å². The van der Waals surface area contributed by atoms with Gasteiger partial charge < -0.3 is 18.9 Å². The van der Waals surface area contributed by atoms with Crippen LogP contribution in [-0.2, 0) is 9.47 Å². The second kappa shape index (κ2) is 6.62. The molecule has 7 heteroatoms. The van der Waals surface area contributed by atoms with Crippen LogP contribution >= 0.6 is 11.6 Å². The highest BCUT2D eigenvalue weighted by Crippen LogP contribution is 2.36. The molecule has 2 rings (SSSR count). The molecule has 1 aromatic carbocycles. The molecule has 1 aliphatic heterocycles. The van der Waals surface area contributed by atoms with Crippen molar-refractivity contribution >= 4 is 23.4 Å². The van der Waals surface area contributed by atoms with Gasteiger partial charge in [0.1, 0.15) is 18.3 Å². The molecule has 122 valence electrons. The van der Waals surface area contributed by atoms with Gasteiger partial charge in [0.25, 0.3) is 0 Å². The van der Waals surface area contributed by atoms with Gasteiger partial charge in [0.05, 0.1) is 24.4 Å². The molecule has 1 atom stereocenters. The number of benzene rings is 1. The summed E-state index contributed by atoms with van der Waals surface area (Å²) in [7, 11) is 1.52. The van der Waals surface area contributed by atoms with Crippen molar-refractivity contribution in [3.63, 3.8) is 0 Å². The standard InChI is InChI=1S/C15H20ClNO5/c1-15(2,3)22-14(18)17-11-6-13(21-8-9-7-20-9)12(19-4)5-10(11)16/h5-6,9H,7-8H2,1-4H3,(H,17,18). The number of halogens is 1. The van der Waals surface area contributed by atoms with Crippen LogP contribution in [0.5, 0.6) is 11.5 Å². The van der Waals surface area contributed by atoms with E-state index in [1.54, 1.807) is 32.9 Å². The van der Waals surface area contributed by atoms with Crippen LogP contribution in [0.2, 0.25) is 5.02 Å². The van der Waals surface area contributed by atoms with Crippen molar-refractivity contribution < 1.29 is 23.7 Å². The maximum atomic E-state index is 11.8. The van der Waals surface area contributed by atoms with Crippen LogP contribution in [0.4, 0.5) is 10.5 Å². The Kier molecular flexibility index (Phi) is 5.03. The monoisotopic (exact) mass is 329 g/mol. The Hall–Kier alpha value is -1.66. The molecule has 0 radical (unpaired) electrons. The van der Waals surface area contributed by atoms with Crippen LogP contribution in [0.15, 0.2) is 12.1 Å². The summed E-state index contributed by atoms with van der Waals surface area (Å²) in [6.07, 6.45) is -0.473. The third kappa shape index (κ3) is 4.96. The van der Waals surface area contributed by atoms with Crippen molar-refractivity contribution in [1.29, 1.82) is 0 Å². The van der Waals surface area contributed by atoms with Gasteiger partial charge >= 0.3 is 6.09 Å². The summed E-state index contributed by atoms with van der Waals surface area (Å²) in [5.41, 5.74) is -0.200. The molecule has 1 N–H and O–H groups in total. The van der Waals surface area contributed by atoms with Gasteiger partial charge in [-0.05, 0) is 20.8 Å². The second-order valence-electron chi connectivity index (χ2n) is 5.88. The van der Waals surface area contributed by atoms with Gasteiger partial charge in [0.15, 0.2) is 11.5 Å². The summed E-state index contributed by atoms with van der Waals surface area (Å²) in [5.74, 6) is 0.967. The minimum atomic E-state index is -0.592. The topological polar surface area (TPSA) is 69.3 Å². The van der Waals surface area contributed by atoms with E-state index >= 15 is 0 Å². The fraction of sp³-hybridized carbons (Fsp3) is 0.533. The van der Waals surface area contributed by atoms with Gasteiger partial charge in [0, 0.05) is 12.1 Å². The minimum absolute atomic E-state index is 0.114. The van der Waals surface area contributed by atoms with Crippen LogP contribution in [0.1, 0.15) is 20.8 Å². The molecule has 0 spiro atoms. The molecule has 0 bridgehead atoms. The molecule has 22 heavy (non-hydrogen) atoms. The van der Waals surface area contributed by atoms with E-state index in [1.165, 1.54) is 7.11 Å². The number of hydrogen-bond acceptors (Lipinski definition) is 5. The number of methoxy groups -OCH3 is 1. The van der Waals surface area contributed by atoms with E-state index in [0.717, 1.165) is 0 Å². The molecule has 0 aromatic heterocycles. The molecule has 1 fully saturated rings. The average molecular weight is 330 g/mol. The summed E-state index contributed by atoms with van der Waals surface area (Å²) in [6.45, 7) is 6.47. The maximum Gasteiger partial charge on any atom is 0.412 e. The Morgan fingerprint density at radius 3 is 2.64 bits per heavy atom. The van der Waals surface area contributed by atoms with Crippen molar-refractivity contribution in [2.24, 2.45) is 0 Å². The Morgan fingerprint density at radius 2 is 2.09 bits per heavy atom. The molecule has 0 saturated carbocycles. The smallest absolute Gasteiger partial charge is 0.412 e. The average Bonchev–Trinajstić information content (AvgIpc) is 3.20. The Labute approximate surface area is 134 Å². The highest BCUT2D eigenvalue weighted by Gasteiger charge is 2.24. The first kappa shape index (κ1) is 16.7. The van der Waals surface area contributed by atoms with Crippen molar-refractivity contribution in [2.75, 3.05) is 25.6 Å². The lowest BCUT2D eigenvalue weighted by atomic mass is 10.2. The maximum absolute atomic E-state index is 11.8. The zero-order valence-corrected chi connectivity index (χ0v) is 13.8. The van der Waals surface area contributed by atoms with Crippen molar-refractivity contribution in [1.82, 2.24) is 0 Å². The van der Waals surface area contributed by atoms with E-state index < -0.39 is 11.7 Å². The Bertz CT molecular complexity index is 552. The third-order valence-corrected chi connectivity index (χ3v) is 3.03. The largest absolute Gasteiger partial charge is 0.493 e. The SMILES string of the molecule is COc1cc(Cl)c(NC(=O)OC(C)(C)C)cc1OCC1CO1.